The molecule has 1 amide bonds. The van der Waals surface area contributed by atoms with Gasteiger partial charge in [0.2, 0.25) is 0 Å². The first-order valence-corrected chi connectivity index (χ1v) is 8.28. The maximum atomic E-state index is 12.1. The van der Waals surface area contributed by atoms with Gasteiger partial charge in [-0.15, -0.1) is 35.5 Å². The fourth-order valence-corrected chi connectivity index (χ4v) is 3.19. The zero-order chi connectivity index (χ0) is 14.4. The Bertz CT molecular complexity index is 589. The number of nitrogens with two attached hydrogens (primary N) is 1. The number of hydrogen-bond acceptors (Lipinski definition) is 5. The molecule has 3 N–H and O–H groups in total. The van der Waals surface area contributed by atoms with E-state index < -0.39 is 0 Å². The summed E-state index contributed by atoms with van der Waals surface area (Å²) in [4.78, 5) is 17.5. The van der Waals surface area contributed by atoms with Crippen molar-refractivity contribution in [3.63, 3.8) is 0 Å². The first kappa shape index (κ1) is 18.0. The molecular formula is C14H18ClN3OS2. The van der Waals surface area contributed by atoms with Crippen LogP contribution in [0.5, 0.6) is 0 Å². The molecule has 0 aliphatic heterocycles. The van der Waals surface area contributed by atoms with E-state index in [2.05, 4.69) is 17.2 Å². The molecule has 21 heavy (non-hydrogen) atoms. The summed E-state index contributed by atoms with van der Waals surface area (Å²) in [7, 11) is 0. The third-order valence-corrected chi connectivity index (χ3v) is 4.33. The zero-order valence-corrected chi connectivity index (χ0v) is 14.1. The molecule has 114 valence electrons. The van der Waals surface area contributed by atoms with Crippen molar-refractivity contribution >= 4 is 47.1 Å². The standard InChI is InChI=1S/C14H17N3OS2.ClH/c1-2-19-11-5-3-4-10(8-11)16-14(18)12-9-20-13(17-12)6-7-15;/h3-5,8-9H,2,6-7,15H2,1H3,(H,16,18);1H. The first-order chi connectivity index (χ1) is 9.72. The maximum absolute atomic E-state index is 12.1. The predicted molar refractivity (Wildman–Crippen MR) is 92.9 cm³/mol. The van der Waals surface area contributed by atoms with Crippen LogP contribution in [0.1, 0.15) is 22.4 Å². The number of nitrogens with one attached hydrogen (secondary N) is 1. The zero-order valence-electron chi connectivity index (χ0n) is 11.7. The minimum Gasteiger partial charge on any atom is -0.330 e. The fourth-order valence-electron chi connectivity index (χ4n) is 1.68. The van der Waals surface area contributed by atoms with Gasteiger partial charge in [-0.2, -0.15) is 0 Å². The van der Waals surface area contributed by atoms with Crippen LogP contribution in [0.4, 0.5) is 5.69 Å². The third kappa shape index (κ3) is 5.32. The highest BCUT2D eigenvalue weighted by Gasteiger charge is 2.11. The van der Waals surface area contributed by atoms with Gasteiger partial charge in [0.05, 0.1) is 5.01 Å². The van der Waals surface area contributed by atoms with Gasteiger partial charge < -0.3 is 11.1 Å². The van der Waals surface area contributed by atoms with Crippen molar-refractivity contribution in [1.29, 1.82) is 0 Å². The van der Waals surface area contributed by atoms with Crippen molar-refractivity contribution in [2.45, 2.75) is 18.2 Å². The molecular weight excluding hydrogens is 326 g/mol. The maximum Gasteiger partial charge on any atom is 0.275 e. The molecule has 1 aromatic heterocycles. The van der Waals surface area contributed by atoms with Crippen LogP contribution in [-0.4, -0.2) is 23.2 Å². The Hall–Kier alpha value is -1.08. The van der Waals surface area contributed by atoms with E-state index in [9.17, 15) is 4.79 Å². The van der Waals surface area contributed by atoms with Crippen molar-refractivity contribution in [3.05, 3.63) is 40.3 Å². The third-order valence-electron chi connectivity index (χ3n) is 2.55. The second-order valence-corrected chi connectivity index (χ2v) is 6.36. The van der Waals surface area contributed by atoms with Gasteiger partial charge in [-0.05, 0) is 30.5 Å². The number of thioether (sulfide) groups is 1. The van der Waals surface area contributed by atoms with Gasteiger partial charge in [0.1, 0.15) is 5.69 Å². The smallest absolute Gasteiger partial charge is 0.275 e. The molecule has 0 fully saturated rings. The van der Waals surface area contributed by atoms with Gasteiger partial charge in [0.25, 0.3) is 5.91 Å². The van der Waals surface area contributed by atoms with Crippen molar-refractivity contribution in [1.82, 2.24) is 4.98 Å². The van der Waals surface area contributed by atoms with E-state index in [1.54, 1.807) is 17.1 Å². The van der Waals surface area contributed by atoms with Gasteiger partial charge >= 0.3 is 0 Å². The molecule has 0 spiro atoms. The number of anilines is 1. The SMILES string of the molecule is CCSc1cccc(NC(=O)c2csc(CCN)n2)c1.Cl. The number of nitrogens with zero attached hydrogens (tertiary/aromatic N) is 1. The number of benzene rings is 1. The molecule has 1 aromatic carbocycles. The van der Waals surface area contributed by atoms with Crippen LogP contribution < -0.4 is 11.1 Å². The van der Waals surface area contributed by atoms with Crippen molar-refractivity contribution in [2.75, 3.05) is 17.6 Å². The summed E-state index contributed by atoms with van der Waals surface area (Å²) in [6.45, 7) is 2.65. The lowest BCUT2D eigenvalue weighted by Crippen LogP contribution is -2.12. The Balaban J connectivity index is 0.00000220. The largest absolute Gasteiger partial charge is 0.330 e. The summed E-state index contributed by atoms with van der Waals surface area (Å²) in [6.07, 6.45) is 0.709. The molecule has 0 aliphatic carbocycles. The molecule has 0 saturated heterocycles. The molecule has 0 atom stereocenters. The topological polar surface area (TPSA) is 68.0 Å². The number of hydrogen-bond donors (Lipinski definition) is 2. The number of carbonyl (C=O) groups excluding carboxylic acids is 1. The van der Waals surface area contributed by atoms with Crippen molar-refractivity contribution in [2.24, 2.45) is 5.73 Å². The quantitative estimate of drug-likeness (QED) is 0.788. The van der Waals surface area contributed by atoms with Crippen LogP contribution in [0.2, 0.25) is 0 Å². The van der Waals surface area contributed by atoms with Crippen molar-refractivity contribution in [3.8, 4) is 0 Å². The Morgan fingerprint density at radius 3 is 3.00 bits per heavy atom. The highest BCUT2D eigenvalue weighted by atomic mass is 35.5. The van der Waals surface area contributed by atoms with Crippen LogP contribution in [0, 0.1) is 0 Å². The molecule has 1 heterocycles. The number of halogens is 1. The highest BCUT2D eigenvalue weighted by Crippen LogP contribution is 2.21. The Kier molecular flexibility index (Phi) is 7.74. The molecule has 2 rings (SSSR count). The number of rotatable bonds is 6. The van der Waals surface area contributed by atoms with Gasteiger partial charge in [-0.25, -0.2) is 4.98 Å². The van der Waals surface area contributed by atoms with Crippen LogP contribution in [-0.2, 0) is 6.42 Å². The predicted octanol–water partition coefficient (Wildman–Crippen LogP) is 3.43. The summed E-state index contributed by atoms with van der Waals surface area (Å²) in [5.41, 5.74) is 6.72. The van der Waals surface area contributed by atoms with Gasteiger partial charge in [-0.3, -0.25) is 4.79 Å². The minimum absolute atomic E-state index is 0. The Morgan fingerprint density at radius 1 is 1.48 bits per heavy atom. The number of amides is 1. The van der Waals surface area contributed by atoms with E-state index in [-0.39, 0.29) is 18.3 Å². The summed E-state index contributed by atoms with van der Waals surface area (Å²) >= 11 is 3.21. The van der Waals surface area contributed by atoms with E-state index in [0.29, 0.717) is 18.7 Å². The normalized spacial score (nSPS) is 10.0. The van der Waals surface area contributed by atoms with E-state index >= 15 is 0 Å². The number of aromatic nitrogens is 1. The second-order valence-electron chi connectivity index (χ2n) is 4.08. The second kappa shape index (κ2) is 9.04. The van der Waals surface area contributed by atoms with Crippen LogP contribution in [0.25, 0.3) is 0 Å². The average Bonchev–Trinajstić information content (AvgIpc) is 2.89. The molecule has 0 radical (unpaired) electrons. The monoisotopic (exact) mass is 343 g/mol. The first-order valence-electron chi connectivity index (χ1n) is 6.41. The van der Waals surface area contributed by atoms with E-state index in [0.717, 1.165) is 21.3 Å². The molecule has 0 aliphatic rings. The van der Waals surface area contributed by atoms with Crippen LogP contribution >= 0.6 is 35.5 Å². The summed E-state index contributed by atoms with van der Waals surface area (Å²) < 4.78 is 0. The highest BCUT2D eigenvalue weighted by molar-refractivity contribution is 7.99. The lowest BCUT2D eigenvalue weighted by molar-refractivity contribution is 0.102. The Labute approximate surface area is 139 Å². The van der Waals surface area contributed by atoms with E-state index in [1.165, 1.54) is 11.3 Å². The molecule has 0 unspecified atom stereocenters. The summed E-state index contributed by atoms with van der Waals surface area (Å²) in [5.74, 6) is 0.828. The summed E-state index contributed by atoms with van der Waals surface area (Å²) in [5, 5.41) is 5.54. The van der Waals surface area contributed by atoms with Crippen molar-refractivity contribution < 1.29 is 4.79 Å². The molecule has 7 heteroatoms. The van der Waals surface area contributed by atoms with E-state index in [1.807, 2.05) is 24.3 Å². The van der Waals surface area contributed by atoms with Crippen LogP contribution in [0.3, 0.4) is 0 Å². The van der Waals surface area contributed by atoms with Gasteiger partial charge in [0, 0.05) is 22.4 Å². The lowest BCUT2D eigenvalue weighted by atomic mass is 10.3. The number of carbonyl (C=O) groups is 1. The van der Waals surface area contributed by atoms with Crippen LogP contribution in [0.15, 0.2) is 34.5 Å². The molecule has 2 aromatic rings. The Morgan fingerprint density at radius 2 is 2.29 bits per heavy atom. The molecule has 0 bridgehead atoms. The lowest BCUT2D eigenvalue weighted by Gasteiger charge is -2.05. The van der Waals surface area contributed by atoms with Gasteiger partial charge in [0.15, 0.2) is 0 Å². The van der Waals surface area contributed by atoms with E-state index in [4.69, 9.17) is 5.73 Å². The van der Waals surface area contributed by atoms with Gasteiger partial charge in [-0.1, -0.05) is 13.0 Å². The fraction of sp³-hybridized carbons (Fsp3) is 0.286. The minimum atomic E-state index is -0.178. The molecule has 0 saturated carbocycles. The average molecular weight is 344 g/mol. The molecule has 4 nitrogen and oxygen atoms in total. The number of thiazole rings is 1. The summed E-state index contributed by atoms with van der Waals surface area (Å²) in [6, 6.07) is 7.82.